The van der Waals surface area contributed by atoms with Gasteiger partial charge in [0.1, 0.15) is 60.4 Å². The number of aliphatic hydroxyl groups excluding tert-OH is 2. The van der Waals surface area contributed by atoms with Crippen LogP contribution in [0.15, 0.2) is 75.1 Å². The Morgan fingerprint density at radius 2 is 0.644 bits per heavy atom. The lowest BCUT2D eigenvalue weighted by molar-refractivity contribution is -0.142. The van der Waals surface area contributed by atoms with Gasteiger partial charge in [-0.2, -0.15) is 0 Å². The topological polar surface area (TPSA) is 553 Å². The number of aliphatic carboxylic acids is 1. The van der Waals surface area contributed by atoms with Gasteiger partial charge in [-0.05, 0) is 33.2 Å². The molecule has 482 valence electrons. The molecule has 0 unspecified atom stereocenters. The van der Waals surface area contributed by atoms with Gasteiger partial charge >= 0.3 is 5.97 Å². The third-order valence-corrected chi connectivity index (χ3v) is 14.1. The van der Waals surface area contributed by atoms with Crippen LogP contribution in [-0.2, 0) is 91.3 Å². The van der Waals surface area contributed by atoms with Crippen molar-refractivity contribution in [2.75, 3.05) is 19.8 Å². The van der Waals surface area contributed by atoms with E-state index in [9.17, 15) is 68.1 Å². The number of hydrogen-bond acceptors (Lipinski definition) is 20. The molecule has 10 amide bonds. The van der Waals surface area contributed by atoms with Gasteiger partial charge in [-0.25, -0.2) is 34.7 Å². The summed E-state index contributed by atoms with van der Waals surface area (Å²) in [6, 6.07) is -15.7. The molecule has 1 fully saturated rings. The molecule has 0 spiro atoms. The summed E-state index contributed by atoms with van der Waals surface area (Å²) in [7, 11) is 0. The smallest absolute Gasteiger partial charge is 0.326 e. The van der Waals surface area contributed by atoms with Crippen molar-refractivity contribution in [3.63, 3.8) is 0 Å². The maximum Gasteiger partial charge on any atom is 0.326 e. The van der Waals surface area contributed by atoms with E-state index in [1.54, 1.807) is 0 Å². The van der Waals surface area contributed by atoms with Crippen LogP contribution in [0.25, 0.3) is 0 Å². The zero-order valence-corrected chi connectivity index (χ0v) is 48.6. The van der Waals surface area contributed by atoms with Gasteiger partial charge < -0.3 is 104 Å². The van der Waals surface area contributed by atoms with Gasteiger partial charge in [-0.3, -0.25) is 47.9 Å². The average molecular weight is 1250 g/mol. The van der Waals surface area contributed by atoms with E-state index in [2.05, 4.69) is 118 Å². The normalized spacial score (nSPS) is 16.2. The van der Waals surface area contributed by atoms with Gasteiger partial charge in [0.05, 0.1) is 91.4 Å². The fraction of sp³-hybridized carbons (Fsp3) is 0.453. The Morgan fingerprint density at radius 1 is 0.389 bits per heavy atom. The molecule has 7 rings (SSSR count). The average Bonchev–Trinajstić information content (AvgIpc) is 2.43. The standard InChI is InChI=1S/C53H71N23O14/c1-26(68-51(87)41(18-77)76-45(81)34-4-3-5-60-34)43(79)67-27(2)44(80)75-42(19-78)52(88)73-38(9-31-15-57-23-64-31)49(85)71-36(7-29-13-55-21-62-29)47(83)69-35(6-28-12-54-20-61-28)46(82)70-37(8-30-14-56-22-63-30)48(84)72-39(10-32-16-58-24-65-32)50(86)74-40(53(89)90)11-33-17-59-25-66-33/h12-17,20-27,34-42,60,77-78H,3-11,18-19H2,1-2H3,(H,54,61)(H,55,62)(H,56,63)(H,57,64)(H,58,65)(H,59,66)(H,67,79)(H,68,87)(H,69,83)(H,70,82)(H,71,85)(H,72,84)(H,73,88)(H,74,86)(H,75,80)(H,76,81)(H,89,90)/t26-,27-,34-,35-,36-,37-,38-,39-,40-,41-,42-/m0/s1. The van der Waals surface area contributed by atoms with E-state index in [0.717, 1.165) is 6.42 Å². The number of nitrogens with zero attached hydrogens (tertiary/aromatic N) is 6. The summed E-state index contributed by atoms with van der Waals surface area (Å²) >= 11 is 0. The monoisotopic (exact) mass is 1250 g/mol. The summed E-state index contributed by atoms with van der Waals surface area (Å²) in [6.07, 6.45) is 16.1. The van der Waals surface area contributed by atoms with Crippen LogP contribution in [-0.4, -0.2) is 226 Å². The number of carbonyl (C=O) groups excluding carboxylic acids is 10. The highest BCUT2D eigenvalue weighted by Crippen LogP contribution is 2.11. The second kappa shape index (κ2) is 32.9. The van der Waals surface area contributed by atoms with Gasteiger partial charge in [0, 0.05) is 75.7 Å². The minimum atomic E-state index is -1.75. The number of imidazole rings is 6. The number of nitrogens with one attached hydrogen (secondary N) is 17. The Hall–Kier alpha value is -10.7. The van der Waals surface area contributed by atoms with E-state index in [0.29, 0.717) is 24.4 Å². The van der Waals surface area contributed by atoms with Crippen LogP contribution < -0.4 is 58.5 Å². The van der Waals surface area contributed by atoms with Crippen LogP contribution >= 0.6 is 0 Å². The Morgan fingerprint density at radius 3 is 0.922 bits per heavy atom. The molecule has 1 aliphatic heterocycles. The highest BCUT2D eigenvalue weighted by atomic mass is 16.4. The molecule has 1 saturated heterocycles. The summed E-state index contributed by atoms with van der Waals surface area (Å²) in [6.45, 7) is 1.33. The van der Waals surface area contributed by atoms with Gasteiger partial charge in [0.25, 0.3) is 0 Å². The van der Waals surface area contributed by atoms with Crippen molar-refractivity contribution in [2.24, 2.45) is 0 Å². The summed E-state index contributed by atoms with van der Waals surface area (Å²) in [5, 5.41) is 58.1. The van der Waals surface area contributed by atoms with Crippen molar-refractivity contribution in [1.29, 1.82) is 0 Å². The Bertz CT molecular complexity index is 3300. The molecule has 0 radical (unpaired) electrons. The summed E-state index contributed by atoms with van der Waals surface area (Å²) < 4.78 is 0. The van der Waals surface area contributed by atoms with Crippen molar-refractivity contribution in [2.45, 2.75) is 132 Å². The number of amides is 10. The zero-order chi connectivity index (χ0) is 64.7. The number of carbonyl (C=O) groups is 11. The SMILES string of the molecule is C[C@H](NC(=O)[C@H](C)NC(=O)[C@H](CO)NC(=O)[C@@H]1CCCN1)C(=O)N[C@@H](CO)C(=O)N[C@@H](Cc1c[nH]cn1)C(=O)N[C@@H](Cc1c[nH]cn1)C(=O)N[C@@H](Cc1c[nH]cn1)C(=O)N[C@@H](Cc1c[nH]cn1)C(=O)N[C@@H](Cc1c[nH]cn1)C(=O)N[C@@H](Cc1c[nH]cn1)C(=O)O. The van der Waals surface area contributed by atoms with Crippen LogP contribution in [0.4, 0.5) is 0 Å². The number of aromatic nitrogens is 12. The molecule has 11 atom stereocenters. The lowest BCUT2D eigenvalue weighted by Crippen LogP contribution is -2.61. The van der Waals surface area contributed by atoms with E-state index in [-0.39, 0.29) is 61.3 Å². The molecule has 37 nitrogen and oxygen atoms in total. The van der Waals surface area contributed by atoms with Crippen molar-refractivity contribution in [1.82, 2.24) is 118 Å². The number of hydrogen-bond donors (Lipinski definition) is 20. The number of aliphatic hydroxyl groups is 2. The van der Waals surface area contributed by atoms with Crippen LogP contribution in [0.1, 0.15) is 60.9 Å². The molecule has 1 aliphatic rings. The van der Waals surface area contributed by atoms with Crippen LogP contribution in [0.5, 0.6) is 0 Å². The highest BCUT2D eigenvalue weighted by molar-refractivity contribution is 5.99. The summed E-state index contributed by atoms with van der Waals surface area (Å²) in [4.78, 5) is 192. The largest absolute Gasteiger partial charge is 0.480 e. The lowest BCUT2D eigenvalue weighted by Gasteiger charge is -2.27. The number of rotatable bonds is 35. The molecule has 37 heteroatoms. The molecule has 6 aromatic heterocycles. The molecular weight excluding hydrogens is 1180 g/mol. The minimum Gasteiger partial charge on any atom is -0.480 e. The molecule has 90 heavy (non-hydrogen) atoms. The van der Waals surface area contributed by atoms with E-state index >= 15 is 0 Å². The fourth-order valence-corrected chi connectivity index (χ4v) is 9.20. The van der Waals surface area contributed by atoms with Crippen LogP contribution in [0.3, 0.4) is 0 Å². The van der Waals surface area contributed by atoms with E-state index in [1.165, 1.54) is 89.0 Å². The summed E-state index contributed by atoms with van der Waals surface area (Å²) in [5.74, 6) is -10.6. The maximum atomic E-state index is 14.7. The Kier molecular flexibility index (Phi) is 24.4. The highest BCUT2D eigenvalue weighted by Gasteiger charge is 2.37. The molecule has 0 aromatic carbocycles. The molecule has 6 aromatic rings. The predicted octanol–water partition coefficient (Wildman–Crippen LogP) is -7.51. The number of carboxylic acids is 1. The number of aromatic amines is 6. The van der Waals surface area contributed by atoms with Gasteiger partial charge in [-0.1, -0.05) is 0 Å². The minimum absolute atomic E-state index is 0.217. The van der Waals surface area contributed by atoms with Crippen LogP contribution in [0.2, 0.25) is 0 Å². The predicted molar refractivity (Wildman–Crippen MR) is 307 cm³/mol. The Balaban J connectivity index is 1.04. The van der Waals surface area contributed by atoms with E-state index in [1.807, 2.05) is 0 Å². The third-order valence-electron chi connectivity index (χ3n) is 14.1. The maximum absolute atomic E-state index is 14.7. The molecular formula is C53H71N23O14. The third kappa shape index (κ3) is 19.9. The first kappa shape index (κ1) is 66.8. The first-order valence-electron chi connectivity index (χ1n) is 28.3. The second-order valence-electron chi connectivity index (χ2n) is 20.9. The summed E-state index contributed by atoms with van der Waals surface area (Å²) in [5.41, 5.74) is 1.63. The zero-order valence-electron chi connectivity index (χ0n) is 48.6. The van der Waals surface area contributed by atoms with Gasteiger partial charge in [-0.15, -0.1) is 0 Å². The second-order valence-corrected chi connectivity index (χ2v) is 20.9. The molecule has 20 N–H and O–H groups in total. The quantitative estimate of drug-likeness (QED) is 0.0176. The van der Waals surface area contributed by atoms with Crippen molar-refractivity contribution in [3.8, 4) is 0 Å². The molecule has 0 saturated carbocycles. The fourth-order valence-electron chi connectivity index (χ4n) is 9.20. The van der Waals surface area contributed by atoms with Crippen molar-refractivity contribution >= 4 is 65.0 Å². The molecule has 0 aliphatic carbocycles. The van der Waals surface area contributed by atoms with Crippen molar-refractivity contribution < 1.29 is 68.1 Å². The van der Waals surface area contributed by atoms with Gasteiger partial charge in [0.15, 0.2) is 0 Å². The van der Waals surface area contributed by atoms with E-state index < -0.39 is 145 Å². The Labute approximate surface area is 510 Å². The van der Waals surface area contributed by atoms with Crippen LogP contribution in [0, 0.1) is 0 Å². The number of carboxylic acid groups (broad SMARTS) is 1. The van der Waals surface area contributed by atoms with Crippen molar-refractivity contribution in [3.05, 3.63) is 109 Å². The van der Waals surface area contributed by atoms with Gasteiger partial charge in [0.2, 0.25) is 59.1 Å². The van der Waals surface area contributed by atoms with E-state index in [4.69, 9.17) is 0 Å². The molecule has 7 heterocycles. The first-order valence-corrected chi connectivity index (χ1v) is 28.3. The molecule has 0 bridgehead atoms. The lowest BCUT2D eigenvalue weighted by atomic mass is 10.0. The first-order chi connectivity index (χ1) is 43.3. The number of H-pyrrole nitrogens is 6.